The van der Waals surface area contributed by atoms with E-state index in [-0.39, 0.29) is 0 Å². The lowest BCUT2D eigenvalue weighted by Gasteiger charge is -2.04. The van der Waals surface area contributed by atoms with Gasteiger partial charge in [0.05, 0.1) is 6.07 Å². The number of allylic oxidation sites excluding steroid dienone is 5. The van der Waals surface area contributed by atoms with Crippen molar-refractivity contribution in [1.82, 2.24) is 0 Å². The van der Waals surface area contributed by atoms with Gasteiger partial charge in [-0.25, -0.2) is 0 Å². The Hall–Kier alpha value is -1.49. The second kappa shape index (κ2) is 4.51. The maximum absolute atomic E-state index is 8.75. The molecule has 0 aromatic heterocycles. The van der Waals surface area contributed by atoms with E-state index in [1.165, 1.54) is 0 Å². The summed E-state index contributed by atoms with van der Waals surface area (Å²) < 4.78 is 0. The summed E-state index contributed by atoms with van der Waals surface area (Å²) in [6, 6.07) is 2.14. The minimum absolute atomic E-state index is 0.314. The van der Waals surface area contributed by atoms with Gasteiger partial charge in [-0.2, -0.15) is 5.26 Å². The Balaban J connectivity index is 2.84. The fourth-order valence-corrected chi connectivity index (χ4v) is 1.40. The van der Waals surface area contributed by atoms with Crippen molar-refractivity contribution < 1.29 is 0 Å². The van der Waals surface area contributed by atoms with Gasteiger partial charge >= 0.3 is 0 Å². The molecule has 0 saturated carbocycles. The number of rotatable bonds is 2. The summed E-state index contributed by atoms with van der Waals surface area (Å²) in [4.78, 5) is 0. The summed E-state index contributed by atoms with van der Waals surface area (Å²) in [5, 5.41) is 8.75. The molecular weight excluding hydrogens is 160 g/mol. The fourth-order valence-electron chi connectivity index (χ4n) is 1.40. The molecule has 1 rings (SSSR count). The molecule has 0 fully saturated rings. The molecule has 1 aliphatic rings. The van der Waals surface area contributed by atoms with E-state index in [2.05, 4.69) is 13.0 Å². The minimum Gasteiger partial charge on any atom is -0.399 e. The lowest BCUT2D eigenvalue weighted by molar-refractivity contribution is 0.687. The van der Waals surface area contributed by atoms with E-state index in [1.54, 1.807) is 12.2 Å². The topological polar surface area (TPSA) is 49.8 Å². The highest BCUT2D eigenvalue weighted by atomic mass is 14.6. The molecule has 1 atom stereocenters. The van der Waals surface area contributed by atoms with Crippen molar-refractivity contribution in [2.75, 3.05) is 0 Å². The molecule has 0 aromatic carbocycles. The van der Waals surface area contributed by atoms with Gasteiger partial charge in [0.25, 0.3) is 0 Å². The average molecular weight is 174 g/mol. The zero-order chi connectivity index (χ0) is 9.68. The number of hydrogen-bond donors (Lipinski definition) is 1. The number of hydrogen-bond acceptors (Lipinski definition) is 2. The third kappa shape index (κ3) is 2.79. The minimum atomic E-state index is 0.314. The first kappa shape index (κ1) is 9.60. The van der Waals surface area contributed by atoms with E-state index < -0.39 is 0 Å². The van der Waals surface area contributed by atoms with Gasteiger partial charge in [-0.05, 0) is 24.5 Å². The zero-order valence-corrected chi connectivity index (χ0v) is 7.83. The predicted molar refractivity (Wildman–Crippen MR) is 53.5 cm³/mol. The van der Waals surface area contributed by atoms with E-state index in [1.807, 2.05) is 12.2 Å². The summed E-state index contributed by atoms with van der Waals surface area (Å²) in [7, 11) is 0. The summed E-state index contributed by atoms with van der Waals surface area (Å²) >= 11 is 0. The van der Waals surface area contributed by atoms with E-state index in [0.29, 0.717) is 11.5 Å². The first-order chi connectivity index (χ1) is 6.26. The molecule has 2 nitrogen and oxygen atoms in total. The van der Waals surface area contributed by atoms with Crippen molar-refractivity contribution >= 4 is 0 Å². The largest absolute Gasteiger partial charge is 0.399 e. The Morgan fingerprint density at radius 3 is 2.85 bits per heavy atom. The third-order valence-electron chi connectivity index (χ3n) is 2.01. The van der Waals surface area contributed by atoms with Gasteiger partial charge in [0.15, 0.2) is 0 Å². The van der Waals surface area contributed by atoms with Crippen LogP contribution in [0.1, 0.15) is 19.8 Å². The van der Waals surface area contributed by atoms with Gasteiger partial charge in [0.2, 0.25) is 0 Å². The standard InChI is InChI=1S/C11H14N2/c1-2-3-9-6-10(8-12)4-5-11(13)7-9/h4-7,9H,2-3,13H2,1H3. The lowest BCUT2D eigenvalue weighted by atomic mass is 10.0. The van der Waals surface area contributed by atoms with Crippen LogP contribution < -0.4 is 5.73 Å². The van der Waals surface area contributed by atoms with Crippen molar-refractivity contribution in [3.8, 4) is 6.07 Å². The molecule has 2 heteroatoms. The quantitative estimate of drug-likeness (QED) is 0.698. The van der Waals surface area contributed by atoms with Crippen molar-refractivity contribution in [3.63, 3.8) is 0 Å². The molecule has 0 saturated heterocycles. The second-order valence-electron chi connectivity index (χ2n) is 3.19. The Labute approximate surface area is 79.0 Å². The van der Waals surface area contributed by atoms with E-state index in [4.69, 9.17) is 11.0 Å². The first-order valence-electron chi connectivity index (χ1n) is 4.53. The van der Waals surface area contributed by atoms with Gasteiger partial charge in [-0.15, -0.1) is 0 Å². The molecule has 0 heterocycles. The van der Waals surface area contributed by atoms with Crippen LogP contribution in [0.5, 0.6) is 0 Å². The summed E-state index contributed by atoms with van der Waals surface area (Å²) in [5.41, 5.74) is 7.16. The van der Waals surface area contributed by atoms with Gasteiger partial charge in [-0.1, -0.05) is 25.5 Å². The van der Waals surface area contributed by atoms with E-state index in [9.17, 15) is 0 Å². The molecule has 0 amide bonds. The van der Waals surface area contributed by atoms with Crippen molar-refractivity contribution in [2.24, 2.45) is 11.7 Å². The van der Waals surface area contributed by atoms with Gasteiger partial charge in [0, 0.05) is 11.3 Å². The molecule has 0 bridgehead atoms. The molecule has 0 aliphatic heterocycles. The van der Waals surface area contributed by atoms with Crippen LogP contribution in [-0.4, -0.2) is 0 Å². The van der Waals surface area contributed by atoms with Crippen LogP contribution in [0.15, 0.2) is 35.6 Å². The Kier molecular flexibility index (Phi) is 3.33. The Morgan fingerprint density at radius 2 is 2.23 bits per heavy atom. The molecule has 68 valence electrons. The molecule has 0 aromatic rings. The van der Waals surface area contributed by atoms with Crippen molar-refractivity contribution in [2.45, 2.75) is 19.8 Å². The van der Waals surface area contributed by atoms with Crippen molar-refractivity contribution in [3.05, 3.63) is 35.6 Å². The van der Waals surface area contributed by atoms with Crippen LogP contribution >= 0.6 is 0 Å². The second-order valence-corrected chi connectivity index (χ2v) is 3.19. The van der Waals surface area contributed by atoms with Gasteiger partial charge < -0.3 is 5.73 Å². The van der Waals surface area contributed by atoms with Crippen LogP contribution in [-0.2, 0) is 0 Å². The zero-order valence-electron chi connectivity index (χ0n) is 7.83. The van der Waals surface area contributed by atoms with Crippen LogP contribution in [0.4, 0.5) is 0 Å². The normalized spacial score (nSPS) is 21.4. The summed E-state index contributed by atoms with van der Waals surface area (Å²) in [6.45, 7) is 2.13. The lowest BCUT2D eigenvalue weighted by Crippen LogP contribution is -1.97. The fraction of sp³-hybridized carbons (Fsp3) is 0.364. The highest BCUT2D eigenvalue weighted by molar-refractivity contribution is 5.40. The maximum Gasteiger partial charge on any atom is 0.0988 e. The number of nitrogens with two attached hydrogens (primary N) is 1. The van der Waals surface area contributed by atoms with Gasteiger partial charge in [-0.3, -0.25) is 0 Å². The Morgan fingerprint density at radius 1 is 1.46 bits per heavy atom. The molecule has 2 N–H and O–H groups in total. The van der Waals surface area contributed by atoms with Crippen LogP contribution in [0.25, 0.3) is 0 Å². The average Bonchev–Trinajstić information content (AvgIpc) is 2.28. The van der Waals surface area contributed by atoms with Crippen LogP contribution in [0.2, 0.25) is 0 Å². The maximum atomic E-state index is 8.75. The molecule has 0 spiro atoms. The van der Waals surface area contributed by atoms with Crippen LogP contribution in [0, 0.1) is 17.2 Å². The molecule has 13 heavy (non-hydrogen) atoms. The smallest absolute Gasteiger partial charge is 0.0988 e. The highest BCUT2D eigenvalue weighted by Gasteiger charge is 2.05. The summed E-state index contributed by atoms with van der Waals surface area (Å²) in [5.74, 6) is 0.314. The highest BCUT2D eigenvalue weighted by Crippen LogP contribution is 2.17. The first-order valence-corrected chi connectivity index (χ1v) is 4.53. The molecule has 1 aliphatic carbocycles. The number of nitrogens with zero attached hydrogens (tertiary/aromatic N) is 1. The molecule has 1 unspecified atom stereocenters. The van der Waals surface area contributed by atoms with E-state index in [0.717, 1.165) is 18.5 Å². The van der Waals surface area contributed by atoms with Gasteiger partial charge in [0.1, 0.15) is 0 Å². The van der Waals surface area contributed by atoms with E-state index >= 15 is 0 Å². The predicted octanol–water partition coefficient (Wildman–Crippen LogP) is 2.27. The Bertz CT molecular complexity index is 303. The monoisotopic (exact) mass is 174 g/mol. The molecular formula is C11H14N2. The SMILES string of the molecule is CCCC1C=C(N)C=CC(C#N)=C1. The number of nitriles is 1. The van der Waals surface area contributed by atoms with Crippen LogP contribution in [0.3, 0.4) is 0 Å². The third-order valence-corrected chi connectivity index (χ3v) is 2.01. The molecule has 0 radical (unpaired) electrons. The summed E-state index contributed by atoms with van der Waals surface area (Å²) in [6.07, 6.45) is 9.67. The van der Waals surface area contributed by atoms with Crippen molar-refractivity contribution in [1.29, 1.82) is 5.26 Å².